The molecule has 0 aliphatic heterocycles. The van der Waals surface area contributed by atoms with Crippen molar-refractivity contribution in [1.82, 2.24) is 10.3 Å². The maximum absolute atomic E-state index is 4.17. The summed E-state index contributed by atoms with van der Waals surface area (Å²) in [6, 6.07) is 2.66. The van der Waals surface area contributed by atoms with Gasteiger partial charge in [0, 0.05) is 18.4 Å². The van der Waals surface area contributed by atoms with Gasteiger partial charge in [-0.25, -0.2) is 0 Å². The topological polar surface area (TPSA) is 24.9 Å². The van der Waals surface area contributed by atoms with Crippen LogP contribution in [0.5, 0.6) is 0 Å². The Bertz CT molecular complexity index is 343. The molecule has 94 valence electrons. The molecule has 2 nitrogen and oxygen atoms in total. The first-order chi connectivity index (χ1) is 8.31. The van der Waals surface area contributed by atoms with Crippen LogP contribution in [0.2, 0.25) is 0 Å². The lowest BCUT2D eigenvalue weighted by Gasteiger charge is -2.20. The van der Waals surface area contributed by atoms with Gasteiger partial charge in [0.1, 0.15) is 0 Å². The van der Waals surface area contributed by atoms with Crippen LogP contribution in [-0.4, -0.2) is 12.0 Å². The number of pyridine rings is 1. The van der Waals surface area contributed by atoms with Crippen molar-refractivity contribution in [3.05, 3.63) is 29.6 Å². The van der Waals surface area contributed by atoms with Crippen molar-refractivity contribution in [2.75, 3.05) is 7.05 Å². The summed E-state index contributed by atoms with van der Waals surface area (Å²) in [5, 5.41) is 3.46. The van der Waals surface area contributed by atoms with Gasteiger partial charge in [-0.15, -0.1) is 0 Å². The van der Waals surface area contributed by atoms with Crippen molar-refractivity contribution in [1.29, 1.82) is 0 Å². The molecule has 0 amide bonds. The van der Waals surface area contributed by atoms with Gasteiger partial charge >= 0.3 is 0 Å². The van der Waals surface area contributed by atoms with Crippen LogP contribution in [0.4, 0.5) is 0 Å². The molecule has 2 heteroatoms. The van der Waals surface area contributed by atoms with E-state index in [0.717, 1.165) is 5.92 Å². The summed E-state index contributed by atoms with van der Waals surface area (Å²) in [7, 11) is 2.07. The van der Waals surface area contributed by atoms with E-state index < -0.39 is 0 Å². The first-order valence-corrected chi connectivity index (χ1v) is 6.89. The molecule has 0 bridgehead atoms. The number of aryl methyl sites for hydroxylation is 1. The molecule has 0 spiro atoms. The molecule has 1 atom stereocenters. The molecule has 17 heavy (non-hydrogen) atoms. The Labute approximate surface area is 105 Å². The van der Waals surface area contributed by atoms with Crippen molar-refractivity contribution < 1.29 is 0 Å². The zero-order valence-corrected chi connectivity index (χ0v) is 11.1. The lowest BCUT2D eigenvalue weighted by atomic mass is 9.93. The summed E-state index contributed by atoms with van der Waals surface area (Å²) in [4.78, 5) is 4.17. The fourth-order valence-corrected chi connectivity index (χ4v) is 3.03. The number of hydrogen-bond donors (Lipinski definition) is 1. The van der Waals surface area contributed by atoms with Crippen molar-refractivity contribution in [3.8, 4) is 0 Å². The second-order valence-electron chi connectivity index (χ2n) is 5.30. The standard InChI is InChI=1S/C15H24N2/c1-12-11-17-10-9-14(12)15(16-2)8-7-13-5-3-4-6-13/h9-11,13,15-16H,3-8H2,1-2H3. The van der Waals surface area contributed by atoms with Gasteiger partial charge in [-0.05, 0) is 49.9 Å². The van der Waals surface area contributed by atoms with Gasteiger partial charge < -0.3 is 5.32 Å². The van der Waals surface area contributed by atoms with Crippen LogP contribution in [0, 0.1) is 12.8 Å². The highest BCUT2D eigenvalue weighted by atomic mass is 14.9. The first-order valence-electron chi connectivity index (χ1n) is 6.89. The Morgan fingerprint density at radius 1 is 1.41 bits per heavy atom. The van der Waals surface area contributed by atoms with E-state index in [9.17, 15) is 0 Å². The Balaban J connectivity index is 1.94. The highest BCUT2D eigenvalue weighted by Gasteiger charge is 2.18. The number of rotatable bonds is 5. The fourth-order valence-electron chi connectivity index (χ4n) is 3.03. The molecule has 1 fully saturated rings. The second-order valence-corrected chi connectivity index (χ2v) is 5.30. The summed E-state index contributed by atoms with van der Waals surface area (Å²) in [5.74, 6) is 0.980. The van der Waals surface area contributed by atoms with Crippen molar-refractivity contribution in [2.24, 2.45) is 5.92 Å². The molecule has 1 aliphatic rings. The summed E-state index contributed by atoms with van der Waals surface area (Å²) >= 11 is 0. The average molecular weight is 232 g/mol. The molecule has 1 heterocycles. The molecule has 1 unspecified atom stereocenters. The van der Waals surface area contributed by atoms with Gasteiger partial charge in [0.15, 0.2) is 0 Å². The van der Waals surface area contributed by atoms with Gasteiger partial charge in [-0.1, -0.05) is 25.7 Å². The van der Waals surface area contributed by atoms with E-state index in [4.69, 9.17) is 0 Å². The van der Waals surface area contributed by atoms with Gasteiger partial charge in [-0.3, -0.25) is 4.98 Å². The fraction of sp³-hybridized carbons (Fsp3) is 0.667. The molecule has 0 radical (unpaired) electrons. The summed E-state index contributed by atoms with van der Waals surface area (Å²) in [6.45, 7) is 2.16. The van der Waals surface area contributed by atoms with Gasteiger partial charge in [-0.2, -0.15) is 0 Å². The lowest BCUT2D eigenvalue weighted by Crippen LogP contribution is -2.18. The normalized spacial score (nSPS) is 18.5. The first kappa shape index (κ1) is 12.6. The van der Waals surface area contributed by atoms with Crippen LogP contribution in [0.3, 0.4) is 0 Å². The van der Waals surface area contributed by atoms with Crippen LogP contribution < -0.4 is 5.32 Å². The average Bonchev–Trinajstić information content (AvgIpc) is 2.85. The van der Waals surface area contributed by atoms with Gasteiger partial charge in [0.2, 0.25) is 0 Å². The predicted molar refractivity (Wildman–Crippen MR) is 72.0 cm³/mol. The molecule has 2 rings (SSSR count). The number of hydrogen-bond acceptors (Lipinski definition) is 2. The van der Waals surface area contributed by atoms with E-state index in [1.54, 1.807) is 0 Å². The maximum Gasteiger partial charge on any atom is 0.0321 e. The third-order valence-electron chi connectivity index (χ3n) is 4.13. The maximum atomic E-state index is 4.17. The summed E-state index contributed by atoms with van der Waals surface area (Å²) in [5.41, 5.74) is 2.72. The molecule has 1 N–H and O–H groups in total. The smallest absolute Gasteiger partial charge is 0.0321 e. The Hall–Kier alpha value is -0.890. The highest BCUT2D eigenvalue weighted by molar-refractivity contribution is 5.25. The lowest BCUT2D eigenvalue weighted by molar-refractivity contribution is 0.426. The van der Waals surface area contributed by atoms with E-state index in [2.05, 4.69) is 30.3 Å². The van der Waals surface area contributed by atoms with Gasteiger partial charge in [0.25, 0.3) is 0 Å². The Kier molecular flexibility index (Phi) is 4.55. The van der Waals surface area contributed by atoms with Gasteiger partial charge in [0.05, 0.1) is 0 Å². The number of nitrogens with zero attached hydrogens (tertiary/aromatic N) is 1. The van der Waals surface area contributed by atoms with Crippen LogP contribution in [0.1, 0.15) is 55.7 Å². The molecule has 1 aromatic heterocycles. The van der Waals surface area contributed by atoms with Crippen LogP contribution >= 0.6 is 0 Å². The highest BCUT2D eigenvalue weighted by Crippen LogP contribution is 2.31. The third kappa shape index (κ3) is 3.29. The largest absolute Gasteiger partial charge is 0.313 e. The molecule has 0 aromatic carbocycles. The summed E-state index contributed by atoms with van der Waals surface area (Å²) in [6.07, 6.45) is 12.3. The van der Waals surface area contributed by atoms with Crippen LogP contribution in [-0.2, 0) is 0 Å². The number of nitrogens with one attached hydrogen (secondary N) is 1. The quantitative estimate of drug-likeness (QED) is 0.838. The van der Waals surface area contributed by atoms with Crippen molar-refractivity contribution in [3.63, 3.8) is 0 Å². The van der Waals surface area contributed by atoms with E-state index in [1.807, 2.05) is 12.4 Å². The Morgan fingerprint density at radius 3 is 2.82 bits per heavy atom. The van der Waals surface area contributed by atoms with E-state index in [-0.39, 0.29) is 0 Å². The van der Waals surface area contributed by atoms with Crippen LogP contribution in [0.25, 0.3) is 0 Å². The Morgan fingerprint density at radius 2 is 2.18 bits per heavy atom. The van der Waals surface area contributed by atoms with Crippen molar-refractivity contribution in [2.45, 2.75) is 51.5 Å². The second kappa shape index (κ2) is 6.15. The van der Waals surface area contributed by atoms with Crippen LogP contribution in [0.15, 0.2) is 18.5 Å². The third-order valence-corrected chi connectivity index (χ3v) is 4.13. The molecular weight excluding hydrogens is 208 g/mol. The minimum absolute atomic E-state index is 0.499. The SMILES string of the molecule is CNC(CCC1CCCC1)c1ccncc1C. The van der Waals surface area contributed by atoms with E-state index in [0.29, 0.717) is 6.04 Å². The minimum atomic E-state index is 0.499. The zero-order chi connectivity index (χ0) is 12.1. The monoisotopic (exact) mass is 232 g/mol. The molecule has 1 saturated carbocycles. The van der Waals surface area contributed by atoms with Crippen molar-refractivity contribution >= 4 is 0 Å². The number of aromatic nitrogens is 1. The summed E-state index contributed by atoms with van der Waals surface area (Å²) < 4.78 is 0. The molecule has 1 aromatic rings. The zero-order valence-electron chi connectivity index (χ0n) is 11.1. The molecule has 0 saturated heterocycles. The van der Waals surface area contributed by atoms with E-state index in [1.165, 1.54) is 49.7 Å². The minimum Gasteiger partial charge on any atom is -0.313 e. The molecular formula is C15H24N2. The molecule has 1 aliphatic carbocycles. The van der Waals surface area contributed by atoms with E-state index >= 15 is 0 Å². The predicted octanol–water partition coefficient (Wildman–Crippen LogP) is 3.62.